The molecule has 2 nitrogen and oxygen atoms in total. The predicted molar refractivity (Wildman–Crippen MR) is 34.4 cm³/mol. The first-order valence-corrected chi connectivity index (χ1v) is 1.43. The van der Waals surface area contributed by atoms with Crippen LogP contribution in [0.25, 0.3) is 0 Å². The van der Waals surface area contributed by atoms with Gasteiger partial charge in [-0.25, -0.2) is 4.98 Å². The number of imidazole rings is 1. The van der Waals surface area contributed by atoms with E-state index in [2.05, 4.69) is 9.97 Å². The van der Waals surface area contributed by atoms with Gasteiger partial charge in [0, 0.05) is 12.4 Å². The van der Waals surface area contributed by atoms with E-state index in [1.54, 1.807) is 18.7 Å². The Kier molecular flexibility index (Phi) is 9.21. The van der Waals surface area contributed by atoms with Gasteiger partial charge in [0.1, 0.15) is 0 Å². The Morgan fingerprint density at radius 2 is 2.14 bits per heavy atom. The largest absolute Gasteiger partial charge is 0.351 e. The van der Waals surface area contributed by atoms with E-state index in [0.717, 1.165) is 0 Å². The number of nitrogens with zero attached hydrogens (tertiary/aromatic N) is 1. The molecule has 1 rings (SSSR count). The van der Waals surface area contributed by atoms with Crippen molar-refractivity contribution in [1.82, 2.24) is 9.97 Å². The van der Waals surface area contributed by atoms with Crippen LogP contribution in [-0.4, -0.2) is 33.0 Å². The highest BCUT2D eigenvalue weighted by molar-refractivity contribution is 5.85. The summed E-state index contributed by atoms with van der Waals surface area (Å²) in [5.41, 5.74) is 0. The minimum Gasteiger partial charge on any atom is -0.351 e. The highest BCUT2D eigenvalue weighted by Crippen LogP contribution is 1.62. The lowest BCUT2D eigenvalue weighted by molar-refractivity contribution is 1.31. The number of aromatic amines is 1. The molecule has 0 aliphatic rings. The first-order chi connectivity index (χ1) is 2.50. The maximum absolute atomic E-state index is 3.67. The molecule has 0 unspecified atom stereocenters. The molecule has 0 aromatic carbocycles. The lowest BCUT2D eigenvalue weighted by atomic mass is 11.0. The summed E-state index contributed by atoms with van der Waals surface area (Å²) in [7, 11) is 0. The van der Waals surface area contributed by atoms with E-state index in [-0.39, 0.29) is 35.5 Å². The van der Waals surface area contributed by atoms with E-state index < -0.39 is 0 Å². The lowest BCUT2D eigenvalue weighted by Gasteiger charge is -1.46. The summed E-state index contributed by atoms with van der Waals surface area (Å²) in [5, 5.41) is 0. The van der Waals surface area contributed by atoms with Gasteiger partial charge in [-0.2, -0.15) is 0 Å². The number of nitrogens with one attached hydrogen (secondary N) is 1. The Hall–Kier alpha value is 0.266. The van der Waals surface area contributed by atoms with Crippen molar-refractivity contribution in [2.24, 2.45) is 0 Å². The first-order valence-electron chi connectivity index (χ1n) is 1.43. The normalized spacial score (nSPS) is 5.71. The predicted octanol–water partition coefficient (Wildman–Crippen LogP) is -0.0847. The van der Waals surface area contributed by atoms with Crippen molar-refractivity contribution < 1.29 is 0 Å². The Labute approximate surface area is 64.3 Å². The summed E-state index contributed by atoms with van der Waals surface area (Å²) in [6, 6.07) is 0. The minimum absolute atomic E-state index is 0. The second-order valence-corrected chi connectivity index (χ2v) is 0.761. The smallest absolute Gasteiger partial charge is 0.316 e. The van der Waals surface area contributed by atoms with Crippen LogP contribution in [0.5, 0.6) is 0 Å². The highest BCUT2D eigenvalue weighted by atomic mass is 35.5. The lowest BCUT2D eigenvalue weighted by Crippen LogP contribution is -1.44. The van der Waals surface area contributed by atoms with Crippen molar-refractivity contribution in [3.63, 3.8) is 0 Å². The van der Waals surface area contributed by atoms with Crippen LogP contribution in [0.15, 0.2) is 18.7 Å². The molecule has 4 heteroatoms. The van der Waals surface area contributed by atoms with Gasteiger partial charge in [-0.3, -0.25) is 0 Å². The molecule has 0 fully saturated rings. The van der Waals surface area contributed by atoms with Crippen LogP contribution >= 0.6 is 12.4 Å². The van der Waals surface area contributed by atoms with E-state index in [4.69, 9.17) is 0 Å². The summed E-state index contributed by atoms with van der Waals surface area (Å²) in [5.74, 6) is 0. The summed E-state index contributed by atoms with van der Waals surface area (Å²) in [6.45, 7) is 0. The minimum atomic E-state index is 0. The van der Waals surface area contributed by atoms with Gasteiger partial charge >= 0.3 is 23.1 Å². The van der Waals surface area contributed by atoms with E-state index in [1.807, 2.05) is 0 Å². The highest BCUT2D eigenvalue weighted by Gasteiger charge is 1.56. The summed E-state index contributed by atoms with van der Waals surface area (Å²) < 4.78 is 0. The van der Waals surface area contributed by atoms with E-state index in [9.17, 15) is 0 Å². The molecule has 0 aliphatic carbocycles. The fourth-order valence-electron chi connectivity index (χ4n) is 0.215. The van der Waals surface area contributed by atoms with Gasteiger partial charge in [-0.15, -0.1) is 12.4 Å². The number of hydrogen-bond acceptors (Lipinski definition) is 1. The Morgan fingerprint density at radius 1 is 1.43 bits per heavy atom. The van der Waals surface area contributed by atoms with Gasteiger partial charge in [0.15, 0.2) is 0 Å². The SMILES string of the molecule is Cl.[MgH2].c1c[nH]cn1. The summed E-state index contributed by atoms with van der Waals surface area (Å²) in [4.78, 5) is 6.42. The molecule has 0 bridgehead atoms. The fourth-order valence-corrected chi connectivity index (χ4v) is 0.215. The second-order valence-electron chi connectivity index (χ2n) is 0.761. The van der Waals surface area contributed by atoms with Crippen molar-refractivity contribution >= 4 is 35.5 Å². The summed E-state index contributed by atoms with van der Waals surface area (Å²) >= 11 is 0. The molecule has 0 saturated carbocycles. The van der Waals surface area contributed by atoms with Crippen molar-refractivity contribution in [2.75, 3.05) is 0 Å². The molecule has 0 radical (unpaired) electrons. The molecule has 1 N–H and O–H groups in total. The number of halogens is 1. The van der Waals surface area contributed by atoms with E-state index in [0.29, 0.717) is 0 Å². The maximum atomic E-state index is 3.67. The van der Waals surface area contributed by atoms with Crippen molar-refractivity contribution in [1.29, 1.82) is 0 Å². The molecule has 1 aromatic heterocycles. The standard InChI is InChI=1S/C3H4N2.ClH.Mg.2H/c1-2-5-3-4-1;;;;/h1-3H,(H,4,5);1H;;;. The van der Waals surface area contributed by atoms with Gasteiger partial charge in [0.25, 0.3) is 0 Å². The van der Waals surface area contributed by atoms with Crippen LogP contribution in [0.4, 0.5) is 0 Å². The third-order valence-corrected chi connectivity index (χ3v) is 0.406. The van der Waals surface area contributed by atoms with Crippen LogP contribution in [-0.2, 0) is 0 Å². The van der Waals surface area contributed by atoms with Crippen LogP contribution < -0.4 is 0 Å². The molecule has 7 heavy (non-hydrogen) atoms. The number of rotatable bonds is 0. The van der Waals surface area contributed by atoms with Crippen LogP contribution in [0.1, 0.15) is 0 Å². The molecule has 0 aliphatic heterocycles. The molecule has 1 heterocycles. The summed E-state index contributed by atoms with van der Waals surface area (Å²) in [6.07, 6.45) is 5.08. The van der Waals surface area contributed by atoms with Crippen LogP contribution in [0.3, 0.4) is 0 Å². The number of aromatic nitrogens is 2. The molecule has 0 spiro atoms. The third-order valence-electron chi connectivity index (χ3n) is 0.406. The Morgan fingerprint density at radius 3 is 2.29 bits per heavy atom. The zero-order valence-corrected chi connectivity index (χ0v) is 3.90. The molecule has 0 atom stereocenters. The second kappa shape index (κ2) is 6.27. The van der Waals surface area contributed by atoms with E-state index in [1.165, 1.54) is 0 Å². The van der Waals surface area contributed by atoms with Crippen molar-refractivity contribution in [3.05, 3.63) is 18.7 Å². The molecule has 0 saturated heterocycles. The van der Waals surface area contributed by atoms with Gasteiger partial charge < -0.3 is 4.98 Å². The maximum Gasteiger partial charge on any atom is 0.316 e. The quantitative estimate of drug-likeness (QED) is 0.489. The zero-order valence-electron chi connectivity index (χ0n) is 3.09. The van der Waals surface area contributed by atoms with Gasteiger partial charge in [-0.05, 0) is 0 Å². The van der Waals surface area contributed by atoms with Crippen molar-refractivity contribution in [3.8, 4) is 0 Å². The first kappa shape index (κ1) is 10.3. The molecule has 1 aromatic rings. The van der Waals surface area contributed by atoms with Gasteiger partial charge in [-0.1, -0.05) is 0 Å². The van der Waals surface area contributed by atoms with Gasteiger partial charge in [0.05, 0.1) is 6.33 Å². The average Bonchev–Trinajstić information content (AvgIpc) is 1.76. The van der Waals surface area contributed by atoms with Crippen molar-refractivity contribution in [2.45, 2.75) is 0 Å². The number of hydrogen-bond donors (Lipinski definition) is 1. The molecular formula is C3H7ClMgN2. The Bertz CT molecular complexity index is 69.4. The molecule has 0 amide bonds. The monoisotopic (exact) mass is 130 g/mol. The fraction of sp³-hybridized carbons (Fsp3) is 0. The van der Waals surface area contributed by atoms with Gasteiger partial charge in [0.2, 0.25) is 0 Å². The van der Waals surface area contributed by atoms with E-state index >= 15 is 0 Å². The number of H-pyrrole nitrogens is 1. The molecule has 38 valence electrons. The topological polar surface area (TPSA) is 28.7 Å². The molecular weight excluding hydrogens is 124 g/mol. The Balaban J connectivity index is 0. The van der Waals surface area contributed by atoms with Crippen LogP contribution in [0.2, 0.25) is 0 Å². The third kappa shape index (κ3) is 4.11. The van der Waals surface area contributed by atoms with Crippen LogP contribution in [0, 0.1) is 0 Å². The average molecular weight is 131 g/mol. The zero-order chi connectivity index (χ0) is 3.54.